The van der Waals surface area contributed by atoms with Crippen LogP contribution in [-0.4, -0.2) is 5.11 Å². The number of benzene rings is 2. The molecule has 1 atom stereocenters. The van der Waals surface area contributed by atoms with E-state index < -0.39 is 11.9 Å². The summed E-state index contributed by atoms with van der Waals surface area (Å²) < 4.78 is 14.4. The highest BCUT2D eigenvalue weighted by Crippen LogP contribution is 2.31. The van der Waals surface area contributed by atoms with Crippen molar-refractivity contribution >= 4 is 27.5 Å². The minimum atomic E-state index is -0.909. The summed E-state index contributed by atoms with van der Waals surface area (Å²) in [4.78, 5) is 0. The highest BCUT2D eigenvalue weighted by Gasteiger charge is 2.17. The van der Waals surface area contributed by atoms with Crippen molar-refractivity contribution in [3.05, 3.63) is 68.4 Å². The molecule has 0 saturated carbocycles. The minimum Gasteiger partial charge on any atom is -0.388 e. The molecule has 0 aliphatic rings. The second-order valence-corrected chi connectivity index (χ2v) is 5.70. The molecule has 100 valence electrons. The lowest BCUT2D eigenvalue weighted by molar-refractivity contribution is 0.173. The standard InChI is InChI=1S/C15H13BrClFO/c1-9-2-4-10(5-3-9)8-13(19)11-6-7-12(16)14(17)15(11)18/h2-7,13,19H,8H2,1H3. The van der Waals surface area contributed by atoms with E-state index in [2.05, 4.69) is 15.9 Å². The first kappa shape index (κ1) is 14.5. The summed E-state index contributed by atoms with van der Waals surface area (Å²) >= 11 is 8.97. The highest BCUT2D eigenvalue weighted by atomic mass is 79.9. The average molecular weight is 344 g/mol. The zero-order valence-corrected chi connectivity index (χ0v) is 12.7. The summed E-state index contributed by atoms with van der Waals surface area (Å²) in [5.41, 5.74) is 2.32. The smallest absolute Gasteiger partial charge is 0.148 e. The van der Waals surface area contributed by atoms with Crippen LogP contribution in [0.5, 0.6) is 0 Å². The number of hydrogen-bond acceptors (Lipinski definition) is 1. The predicted octanol–water partition coefficient (Wildman–Crippen LogP) is 4.83. The van der Waals surface area contributed by atoms with Gasteiger partial charge in [-0.2, -0.15) is 0 Å². The van der Waals surface area contributed by atoms with Crippen LogP contribution < -0.4 is 0 Å². The first-order valence-electron chi connectivity index (χ1n) is 5.86. The summed E-state index contributed by atoms with van der Waals surface area (Å²) in [7, 11) is 0. The first-order valence-corrected chi connectivity index (χ1v) is 7.03. The molecule has 2 rings (SSSR count). The van der Waals surface area contributed by atoms with Gasteiger partial charge in [-0.25, -0.2) is 4.39 Å². The Labute approximate surface area is 125 Å². The van der Waals surface area contributed by atoms with Crippen molar-refractivity contribution in [2.24, 2.45) is 0 Å². The molecule has 2 aromatic carbocycles. The summed E-state index contributed by atoms with van der Waals surface area (Å²) in [6.45, 7) is 1.99. The Bertz CT molecular complexity index is 583. The number of hydrogen-bond donors (Lipinski definition) is 1. The van der Waals surface area contributed by atoms with Crippen molar-refractivity contribution in [1.82, 2.24) is 0 Å². The predicted molar refractivity (Wildman–Crippen MR) is 79.0 cm³/mol. The van der Waals surface area contributed by atoms with Crippen LogP contribution in [0.25, 0.3) is 0 Å². The van der Waals surface area contributed by atoms with Crippen molar-refractivity contribution in [2.45, 2.75) is 19.4 Å². The fraction of sp³-hybridized carbons (Fsp3) is 0.200. The van der Waals surface area contributed by atoms with Gasteiger partial charge in [0.25, 0.3) is 0 Å². The van der Waals surface area contributed by atoms with Crippen LogP contribution in [0.1, 0.15) is 22.8 Å². The maximum absolute atomic E-state index is 14.0. The molecule has 19 heavy (non-hydrogen) atoms. The molecule has 0 aromatic heterocycles. The molecule has 4 heteroatoms. The van der Waals surface area contributed by atoms with Gasteiger partial charge in [0.1, 0.15) is 5.82 Å². The topological polar surface area (TPSA) is 20.2 Å². The summed E-state index contributed by atoms with van der Waals surface area (Å²) in [6.07, 6.45) is -0.553. The molecule has 0 radical (unpaired) electrons. The third-order valence-electron chi connectivity index (χ3n) is 2.97. The maximum Gasteiger partial charge on any atom is 0.148 e. The van der Waals surface area contributed by atoms with Gasteiger partial charge in [-0.15, -0.1) is 0 Å². The number of halogens is 3. The van der Waals surface area contributed by atoms with E-state index in [1.807, 2.05) is 31.2 Å². The van der Waals surface area contributed by atoms with Crippen molar-refractivity contribution < 1.29 is 9.50 Å². The SMILES string of the molecule is Cc1ccc(CC(O)c2ccc(Br)c(Cl)c2F)cc1. The molecule has 2 aromatic rings. The quantitative estimate of drug-likeness (QED) is 0.792. The second-order valence-electron chi connectivity index (χ2n) is 4.47. The summed E-state index contributed by atoms with van der Waals surface area (Å²) in [5.74, 6) is -0.573. The number of aliphatic hydroxyl groups excluding tert-OH is 1. The van der Waals surface area contributed by atoms with E-state index in [9.17, 15) is 9.50 Å². The third kappa shape index (κ3) is 3.35. The van der Waals surface area contributed by atoms with Gasteiger partial charge in [0.2, 0.25) is 0 Å². The van der Waals surface area contributed by atoms with E-state index in [-0.39, 0.29) is 10.6 Å². The van der Waals surface area contributed by atoms with E-state index in [4.69, 9.17) is 11.6 Å². The molecular formula is C15H13BrClFO. The highest BCUT2D eigenvalue weighted by molar-refractivity contribution is 9.10. The fourth-order valence-electron chi connectivity index (χ4n) is 1.86. The van der Waals surface area contributed by atoms with Crippen LogP contribution in [0.4, 0.5) is 4.39 Å². The van der Waals surface area contributed by atoms with Gasteiger partial charge in [-0.3, -0.25) is 0 Å². The Morgan fingerprint density at radius 1 is 1.21 bits per heavy atom. The monoisotopic (exact) mass is 342 g/mol. The zero-order chi connectivity index (χ0) is 14.0. The fourth-order valence-corrected chi connectivity index (χ4v) is 2.33. The summed E-state index contributed by atoms with van der Waals surface area (Å²) in [5, 5.41) is 10.1. The van der Waals surface area contributed by atoms with E-state index in [0.717, 1.165) is 11.1 Å². The largest absolute Gasteiger partial charge is 0.388 e. The Kier molecular flexibility index (Phi) is 4.61. The summed E-state index contributed by atoms with van der Waals surface area (Å²) in [6, 6.07) is 11.0. The van der Waals surface area contributed by atoms with Gasteiger partial charge in [-0.05, 0) is 34.5 Å². The maximum atomic E-state index is 14.0. The Hall–Kier alpha value is -0.900. The lowest BCUT2D eigenvalue weighted by atomic mass is 10.0. The Balaban J connectivity index is 2.23. The molecule has 0 amide bonds. The molecule has 0 saturated heterocycles. The minimum absolute atomic E-state index is 0.000422. The van der Waals surface area contributed by atoms with Crippen LogP contribution in [0, 0.1) is 12.7 Å². The second kappa shape index (κ2) is 6.04. The van der Waals surface area contributed by atoms with Gasteiger partial charge in [-0.1, -0.05) is 47.5 Å². The molecule has 0 spiro atoms. The molecule has 0 heterocycles. The van der Waals surface area contributed by atoms with Crippen LogP contribution in [0.15, 0.2) is 40.9 Å². The van der Waals surface area contributed by atoms with Crippen LogP contribution >= 0.6 is 27.5 Å². The van der Waals surface area contributed by atoms with Crippen LogP contribution in [0.2, 0.25) is 5.02 Å². The van der Waals surface area contributed by atoms with Crippen LogP contribution in [-0.2, 0) is 6.42 Å². The number of aliphatic hydroxyl groups is 1. The lowest BCUT2D eigenvalue weighted by Crippen LogP contribution is -2.05. The van der Waals surface area contributed by atoms with E-state index in [0.29, 0.717) is 10.9 Å². The van der Waals surface area contributed by atoms with Crippen LogP contribution in [0.3, 0.4) is 0 Å². The van der Waals surface area contributed by atoms with Gasteiger partial charge in [0.15, 0.2) is 0 Å². The first-order chi connectivity index (χ1) is 8.99. The molecule has 1 nitrogen and oxygen atoms in total. The molecule has 0 bridgehead atoms. The van der Waals surface area contributed by atoms with Crippen molar-refractivity contribution in [3.63, 3.8) is 0 Å². The Morgan fingerprint density at radius 3 is 2.47 bits per heavy atom. The average Bonchev–Trinajstić information content (AvgIpc) is 2.39. The molecular weight excluding hydrogens is 331 g/mol. The molecule has 0 aliphatic carbocycles. The number of rotatable bonds is 3. The van der Waals surface area contributed by atoms with Crippen molar-refractivity contribution in [3.8, 4) is 0 Å². The van der Waals surface area contributed by atoms with E-state index in [1.54, 1.807) is 12.1 Å². The number of aryl methyl sites for hydroxylation is 1. The molecule has 0 fully saturated rings. The van der Waals surface area contributed by atoms with E-state index in [1.165, 1.54) is 0 Å². The van der Waals surface area contributed by atoms with Gasteiger partial charge < -0.3 is 5.11 Å². The van der Waals surface area contributed by atoms with Gasteiger partial charge in [0, 0.05) is 16.5 Å². The van der Waals surface area contributed by atoms with E-state index >= 15 is 0 Å². The molecule has 1 N–H and O–H groups in total. The Morgan fingerprint density at radius 2 is 1.84 bits per heavy atom. The molecule has 0 aliphatic heterocycles. The molecule has 1 unspecified atom stereocenters. The normalized spacial score (nSPS) is 12.5. The van der Waals surface area contributed by atoms with Gasteiger partial charge in [0.05, 0.1) is 11.1 Å². The van der Waals surface area contributed by atoms with Crippen molar-refractivity contribution in [1.29, 1.82) is 0 Å². The van der Waals surface area contributed by atoms with Gasteiger partial charge >= 0.3 is 0 Å². The lowest BCUT2D eigenvalue weighted by Gasteiger charge is -2.13. The van der Waals surface area contributed by atoms with Crippen molar-refractivity contribution in [2.75, 3.05) is 0 Å². The third-order valence-corrected chi connectivity index (χ3v) is 4.23. The zero-order valence-electron chi connectivity index (χ0n) is 10.3.